The molecule has 1 aromatic rings. The van der Waals surface area contributed by atoms with E-state index in [2.05, 4.69) is 31.9 Å². The number of hydrogen-bond acceptors (Lipinski definition) is 4. The van der Waals surface area contributed by atoms with Crippen LogP contribution in [0.15, 0.2) is 8.95 Å². The van der Waals surface area contributed by atoms with Gasteiger partial charge in [0.2, 0.25) is 0 Å². The lowest BCUT2D eigenvalue weighted by Gasteiger charge is -2.16. The summed E-state index contributed by atoms with van der Waals surface area (Å²) in [6.07, 6.45) is 1.64. The van der Waals surface area contributed by atoms with Crippen LogP contribution in [0.5, 0.6) is 5.75 Å². The van der Waals surface area contributed by atoms with Gasteiger partial charge in [0.25, 0.3) is 6.26 Å². The van der Waals surface area contributed by atoms with Crippen LogP contribution in [0.3, 0.4) is 0 Å². The van der Waals surface area contributed by atoms with Crippen LogP contribution in [0, 0.1) is 25.4 Å². The SMILES string of the molecule is CC(=O)OCc1c(Br)c(C)c(Br)c(C)c1OC#N. The van der Waals surface area contributed by atoms with Gasteiger partial charge in [0.05, 0.1) is 0 Å². The first-order valence-corrected chi connectivity index (χ1v) is 6.65. The molecule has 0 bridgehead atoms. The van der Waals surface area contributed by atoms with Crippen LogP contribution in [-0.2, 0) is 16.1 Å². The number of halogens is 2. The van der Waals surface area contributed by atoms with E-state index in [1.54, 1.807) is 6.26 Å². The van der Waals surface area contributed by atoms with Crippen LogP contribution < -0.4 is 4.74 Å². The van der Waals surface area contributed by atoms with Crippen molar-refractivity contribution in [3.8, 4) is 12.0 Å². The molecule has 0 aliphatic heterocycles. The number of carbonyl (C=O) groups is 1. The molecule has 18 heavy (non-hydrogen) atoms. The molecule has 0 fully saturated rings. The predicted octanol–water partition coefficient (Wildman–Crippen LogP) is 3.75. The molecule has 0 heterocycles. The van der Waals surface area contributed by atoms with E-state index in [9.17, 15) is 4.79 Å². The Morgan fingerprint density at radius 2 is 1.89 bits per heavy atom. The number of nitriles is 1. The highest BCUT2D eigenvalue weighted by atomic mass is 79.9. The first kappa shape index (κ1) is 15.0. The molecule has 0 spiro atoms. The Balaban J connectivity index is 3.36. The highest BCUT2D eigenvalue weighted by molar-refractivity contribution is 9.11. The minimum atomic E-state index is -0.386. The third kappa shape index (κ3) is 3.03. The molecule has 0 amide bonds. The highest BCUT2D eigenvalue weighted by Gasteiger charge is 2.19. The summed E-state index contributed by atoms with van der Waals surface area (Å²) in [6.45, 7) is 5.13. The van der Waals surface area contributed by atoms with E-state index in [1.165, 1.54) is 6.92 Å². The molecule has 4 nitrogen and oxygen atoms in total. The summed E-state index contributed by atoms with van der Waals surface area (Å²) in [5.74, 6) is 0.0196. The standard InChI is InChI=1S/C12H11Br2NO3/c1-6-10(13)7(2)12(18-5-15)9(11(6)14)4-17-8(3)16/h4H2,1-3H3. The zero-order valence-electron chi connectivity index (χ0n) is 10.1. The van der Waals surface area contributed by atoms with Gasteiger partial charge >= 0.3 is 5.97 Å². The van der Waals surface area contributed by atoms with Crippen LogP contribution in [-0.4, -0.2) is 5.97 Å². The topological polar surface area (TPSA) is 59.3 Å². The van der Waals surface area contributed by atoms with Crippen LogP contribution in [0.2, 0.25) is 0 Å². The normalized spacial score (nSPS) is 9.78. The van der Waals surface area contributed by atoms with Gasteiger partial charge in [-0.3, -0.25) is 4.79 Å². The van der Waals surface area contributed by atoms with E-state index in [0.717, 1.165) is 20.1 Å². The van der Waals surface area contributed by atoms with Crippen molar-refractivity contribution in [3.63, 3.8) is 0 Å². The summed E-state index contributed by atoms with van der Waals surface area (Å²) < 4.78 is 11.6. The Hall–Kier alpha value is -1.06. The van der Waals surface area contributed by atoms with E-state index in [0.29, 0.717) is 11.3 Å². The Bertz CT molecular complexity index is 535. The average molecular weight is 377 g/mol. The predicted molar refractivity (Wildman–Crippen MR) is 73.0 cm³/mol. The number of esters is 1. The van der Waals surface area contributed by atoms with E-state index in [1.807, 2.05) is 13.8 Å². The van der Waals surface area contributed by atoms with Crippen molar-refractivity contribution in [1.29, 1.82) is 5.26 Å². The Morgan fingerprint density at radius 3 is 2.39 bits per heavy atom. The fourth-order valence-electron chi connectivity index (χ4n) is 1.52. The maximum Gasteiger partial charge on any atom is 0.302 e. The van der Waals surface area contributed by atoms with Gasteiger partial charge in [0, 0.05) is 27.0 Å². The van der Waals surface area contributed by atoms with Gasteiger partial charge in [-0.15, -0.1) is 5.26 Å². The molecule has 0 unspecified atom stereocenters. The second-order valence-corrected chi connectivity index (χ2v) is 5.25. The molecule has 0 saturated heterocycles. The fraction of sp³-hybridized carbons (Fsp3) is 0.333. The summed E-state index contributed by atoms with van der Waals surface area (Å²) in [4.78, 5) is 10.9. The molecular formula is C12H11Br2NO3. The van der Waals surface area contributed by atoms with Crippen molar-refractivity contribution >= 4 is 37.8 Å². The summed E-state index contributed by atoms with van der Waals surface area (Å²) >= 11 is 6.86. The summed E-state index contributed by atoms with van der Waals surface area (Å²) in [5, 5.41) is 8.69. The van der Waals surface area contributed by atoms with Crippen LogP contribution in [0.1, 0.15) is 23.6 Å². The van der Waals surface area contributed by atoms with Gasteiger partial charge < -0.3 is 9.47 Å². The molecule has 0 aliphatic rings. The highest BCUT2D eigenvalue weighted by Crippen LogP contribution is 2.39. The van der Waals surface area contributed by atoms with Crippen LogP contribution in [0.4, 0.5) is 0 Å². The third-order valence-electron chi connectivity index (χ3n) is 2.43. The van der Waals surface area contributed by atoms with Crippen molar-refractivity contribution < 1.29 is 14.3 Å². The summed E-state index contributed by atoms with van der Waals surface area (Å²) in [5.41, 5.74) is 2.39. The van der Waals surface area contributed by atoms with Crippen LogP contribution in [0.25, 0.3) is 0 Å². The molecule has 6 heteroatoms. The van der Waals surface area contributed by atoms with Crippen molar-refractivity contribution in [2.75, 3.05) is 0 Å². The third-order valence-corrected chi connectivity index (χ3v) is 4.70. The maximum absolute atomic E-state index is 10.9. The molecule has 0 aliphatic carbocycles. The number of nitrogens with zero attached hydrogens (tertiary/aromatic N) is 1. The molecule has 96 valence electrons. The molecule has 1 rings (SSSR count). The van der Waals surface area contributed by atoms with Gasteiger partial charge in [-0.05, 0) is 35.3 Å². The van der Waals surface area contributed by atoms with E-state index in [-0.39, 0.29) is 12.6 Å². The molecule has 0 N–H and O–H groups in total. The Kier molecular flexibility index (Phi) is 5.17. The Morgan fingerprint density at radius 1 is 1.28 bits per heavy atom. The second kappa shape index (κ2) is 6.21. The average Bonchev–Trinajstić information content (AvgIpc) is 2.32. The molecule has 1 aromatic carbocycles. The van der Waals surface area contributed by atoms with Gasteiger partial charge in [-0.1, -0.05) is 15.9 Å². The van der Waals surface area contributed by atoms with E-state index >= 15 is 0 Å². The minimum absolute atomic E-state index is 0.0574. The number of rotatable bonds is 3. The number of carbonyl (C=O) groups excluding carboxylic acids is 1. The summed E-state index contributed by atoms with van der Waals surface area (Å²) in [7, 11) is 0. The zero-order chi connectivity index (χ0) is 13.9. The first-order valence-electron chi connectivity index (χ1n) is 5.06. The number of hydrogen-bond donors (Lipinski definition) is 0. The van der Waals surface area contributed by atoms with E-state index < -0.39 is 0 Å². The lowest BCUT2D eigenvalue weighted by atomic mass is 10.1. The zero-order valence-corrected chi connectivity index (χ0v) is 13.3. The second-order valence-electron chi connectivity index (χ2n) is 3.66. The summed E-state index contributed by atoms with van der Waals surface area (Å²) in [6, 6.07) is 0. The molecule has 0 saturated carbocycles. The molecule has 0 atom stereocenters. The Labute approximate surface area is 122 Å². The minimum Gasteiger partial charge on any atom is -0.461 e. The van der Waals surface area contributed by atoms with Gasteiger partial charge in [-0.25, -0.2) is 0 Å². The largest absolute Gasteiger partial charge is 0.461 e. The van der Waals surface area contributed by atoms with E-state index in [4.69, 9.17) is 14.7 Å². The molecule has 0 radical (unpaired) electrons. The molecular weight excluding hydrogens is 366 g/mol. The smallest absolute Gasteiger partial charge is 0.302 e. The van der Waals surface area contributed by atoms with Crippen molar-refractivity contribution in [2.24, 2.45) is 0 Å². The van der Waals surface area contributed by atoms with Crippen molar-refractivity contribution in [1.82, 2.24) is 0 Å². The quantitative estimate of drug-likeness (QED) is 0.595. The number of ether oxygens (including phenoxy) is 2. The van der Waals surface area contributed by atoms with Crippen molar-refractivity contribution in [2.45, 2.75) is 27.4 Å². The fourth-order valence-corrected chi connectivity index (χ4v) is 2.65. The van der Waals surface area contributed by atoms with Crippen molar-refractivity contribution in [3.05, 3.63) is 25.6 Å². The maximum atomic E-state index is 10.9. The van der Waals surface area contributed by atoms with Gasteiger partial charge in [-0.2, -0.15) is 0 Å². The van der Waals surface area contributed by atoms with Crippen LogP contribution >= 0.6 is 31.9 Å². The number of benzene rings is 1. The van der Waals surface area contributed by atoms with Gasteiger partial charge in [0.15, 0.2) is 5.75 Å². The van der Waals surface area contributed by atoms with Gasteiger partial charge in [0.1, 0.15) is 6.61 Å². The lowest BCUT2D eigenvalue weighted by molar-refractivity contribution is -0.142. The lowest BCUT2D eigenvalue weighted by Crippen LogP contribution is -2.04. The monoisotopic (exact) mass is 375 g/mol. The molecule has 0 aromatic heterocycles. The first-order chi connectivity index (χ1) is 8.40.